The molecule has 0 aliphatic heterocycles. The summed E-state index contributed by atoms with van der Waals surface area (Å²) in [7, 11) is 9.73. The average molecular weight is 394 g/mol. The Labute approximate surface area is 171 Å². The minimum atomic E-state index is 0.183. The Morgan fingerprint density at radius 1 is 1.14 bits per heavy atom. The van der Waals surface area contributed by atoms with Crippen molar-refractivity contribution in [3.8, 4) is 5.75 Å². The van der Waals surface area contributed by atoms with Crippen molar-refractivity contribution in [1.29, 1.82) is 0 Å². The van der Waals surface area contributed by atoms with Crippen molar-refractivity contribution in [1.82, 2.24) is 20.4 Å². The lowest BCUT2D eigenvalue weighted by Gasteiger charge is -2.24. The van der Waals surface area contributed by atoms with Crippen LogP contribution >= 0.6 is 0 Å². The summed E-state index contributed by atoms with van der Waals surface area (Å²) in [5.74, 6) is 1.72. The molecular formula is C21H39N5O2. The summed E-state index contributed by atoms with van der Waals surface area (Å²) in [4.78, 5) is 9.30. The zero-order valence-electron chi connectivity index (χ0n) is 18.5. The first-order chi connectivity index (χ1) is 13.5. The lowest BCUT2D eigenvalue weighted by molar-refractivity contribution is 0.180. The maximum atomic E-state index is 5.37. The first-order valence-electron chi connectivity index (χ1n) is 10.0. The molecule has 0 radical (unpaired) electrons. The highest BCUT2D eigenvalue weighted by Crippen LogP contribution is 2.22. The van der Waals surface area contributed by atoms with E-state index in [-0.39, 0.29) is 6.04 Å². The highest BCUT2D eigenvalue weighted by Gasteiger charge is 2.15. The summed E-state index contributed by atoms with van der Waals surface area (Å²) in [6, 6.07) is 8.38. The van der Waals surface area contributed by atoms with E-state index in [0.29, 0.717) is 6.54 Å². The molecule has 1 aromatic carbocycles. The van der Waals surface area contributed by atoms with E-state index in [2.05, 4.69) is 60.6 Å². The molecule has 1 unspecified atom stereocenters. The van der Waals surface area contributed by atoms with Crippen molar-refractivity contribution in [3.05, 3.63) is 29.8 Å². The highest BCUT2D eigenvalue weighted by molar-refractivity contribution is 5.79. The molecule has 0 bridgehead atoms. The van der Waals surface area contributed by atoms with Crippen LogP contribution in [0.25, 0.3) is 0 Å². The Kier molecular flexibility index (Phi) is 12.3. The van der Waals surface area contributed by atoms with Crippen LogP contribution < -0.4 is 15.4 Å². The number of ether oxygens (including phenoxy) is 2. The number of hydrogen-bond acceptors (Lipinski definition) is 5. The summed E-state index contributed by atoms with van der Waals surface area (Å²) in [6.07, 6.45) is 1.05. The van der Waals surface area contributed by atoms with Gasteiger partial charge in [0.25, 0.3) is 0 Å². The second kappa shape index (κ2) is 14.2. The zero-order valence-corrected chi connectivity index (χ0v) is 18.5. The number of rotatable bonds is 13. The molecular weight excluding hydrogens is 354 g/mol. The molecule has 0 aromatic heterocycles. The van der Waals surface area contributed by atoms with E-state index in [0.717, 1.165) is 50.9 Å². The van der Waals surface area contributed by atoms with Crippen LogP contribution in [-0.2, 0) is 4.74 Å². The van der Waals surface area contributed by atoms with E-state index in [1.165, 1.54) is 5.56 Å². The Hall–Kier alpha value is -1.83. The third kappa shape index (κ3) is 9.39. The van der Waals surface area contributed by atoms with Crippen LogP contribution in [0.4, 0.5) is 0 Å². The van der Waals surface area contributed by atoms with Crippen molar-refractivity contribution in [2.24, 2.45) is 4.99 Å². The van der Waals surface area contributed by atoms with Gasteiger partial charge in [-0.2, -0.15) is 0 Å². The molecule has 1 rings (SSSR count). The first kappa shape index (κ1) is 24.2. The van der Waals surface area contributed by atoms with Crippen LogP contribution in [-0.4, -0.2) is 90.5 Å². The van der Waals surface area contributed by atoms with Crippen LogP contribution in [0.15, 0.2) is 29.3 Å². The summed E-state index contributed by atoms with van der Waals surface area (Å²) < 4.78 is 10.5. The third-order valence-electron chi connectivity index (χ3n) is 4.54. The van der Waals surface area contributed by atoms with Crippen LogP contribution in [0.1, 0.15) is 24.9 Å². The van der Waals surface area contributed by atoms with Gasteiger partial charge in [-0.15, -0.1) is 0 Å². The van der Waals surface area contributed by atoms with Crippen LogP contribution in [0.2, 0.25) is 0 Å². The minimum absolute atomic E-state index is 0.183. The van der Waals surface area contributed by atoms with Gasteiger partial charge in [0.1, 0.15) is 5.75 Å². The monoisotopic (exact) mass is 393 g/mol. The molecule has 1 aromatic rings. The normalized spacial score (nSPS) is 13.1. The lowest BCUT2D eigenvalue weighted by atomic mass is 10.1. The Balaban J connectivity index is 2.64. The van der Waals surface area contributed by atoms with E-state index < -0.39 is 0 Å². The second-order valence-electron chi connectivity index (χ2n) is 7.05. The van der Waals surface area contributed by atoms with Crippen molar-refractivity contribution < 1.29 is 9.47 Å². The molecule has 0 heterocycles. The Bertz CT molecular complexity index is 565. The Morgan fingerprint density at radius 3 is 2.57 bits per heavy atom. The molecule has 160 valence electrons. The zero-order chi connectivity index (χ0) is 20.8. The third-order valence-corrected chi connectivity index (χ3v) is 4.54. The summed E-state index contributed by atoms with van der Waals surface area (Å²) in [5.41, 5.74) is 1.20. The second-order valence-corrected chi connectivity index (χ2v) is 7.05. The van der Waals surface area contributed by atoms with Gasteiger partial charge in [-0.1, -0.05) is 12.1 Å². The maximum absolute atomic E-state index is 5.37. The van der Waals surface area contributed by atoms with Crippen molar-refractivity contribution >= 4 is 5.96 Å². The quantitative estimate of drug-likeness (QED) is 0.303. The summed E-state index contributed by atoms with van der Waals surface area (Å²) >= 11 is 0. The number of nitrogens with zero attached hydrogens (tertiary/aromatic N) is 3. The van der Waals surface area contributed by atoms with Gasteiger partial charge < -0.3 is 29.9 Å². The van der Waals surface area contributed by atoms with Gasteiger partial charge in [0.2, 0.25) is 0 Å². The molecule has 7 nitrogen and oxygen atoms in total. The van der Waals surface area contributed by atoms with Crippen LogP contribution in [0.3, 0.4) is 0 Å². The topological polar surface area (TPSA) is 61.4 Å². The number of benzene rings is 1. The van der Waals surface area contributed by atoms with Gasteiger partial charge in [-0.3, -0.25) is 4.99 Å². The molecule has 0 spiro atoms. The molecule has 7 heteroatoms. The predicted molar refractivity (Wildman–Crippen MR) is 117 cm³/mol. The van der Waals surface area contributed by atoms with Gasteiger partial charge in [0.05, 0.1) is 19.7 Å². The number of likely N-dealkylation sites (N-methyl/N-ethyl adjacent to an activating group) is 2. The Morgan fingerprint density at radius 2 is 1.93 bits per heavy atom. The van der Waals surface area contributed by atoms with E-state index in [1.54, 1.807) is 14.2 Å². The van der Waals surface area contributed by atoms with Crippen LogP contribution in [0.5, 0.6) is 5.75 Å². The van der Waals surface area contributed by atoms with Gasteiger partial charge in [-0.25, -0.2) is 0 Å². The SMILES string of the molecule is CCNC(=NCC(c1cccc(OC)c1)N(C)C)NCCN(C)CCCOC. The number of guanidine groups is 1. The average Bonchev–Trinajstić information content (AvgIpc) is 2.68. The molecule has 1 atom stereocenters. The number of methoxy groups -OCH3 is 2. The van der Waals surface area contributed by atoms with Gasteiger partial charge >= 0.3 is 0 Å². The fourth-order valence-corrected chi connectivity index (χ4v) is 2.89. The van der Waals surface area contributed by atoms with Crippen molar-refractivity contribution in [2.45, 2.75) is 19.4 Å². The minimum Gasteiger partial charge on any atom is -0.497 e. The lowest BCUT2D eigenvalue weighted by Crippen LogP contribution is -2.41. The van der Waals surface area contributed by atoms with E-state index in [9.17, 15) is 0 Å². The molecule has 0 saturated carbocycles. The number of nitrogens with one attached hydrogen (secondary N) is 2. The molecule has 28 heavy (non-hydrogen) atoms. The predicted octanol–water partition coefficient (Wildman–Crippen LogP) is 1.82. The van der Waals surface area contributed by atoms with Gasteiger partial charge in [0.15, 0.2) is 5.96 Å². The molecule has 0 saturated heterocycles. The first-order valence-corrected chi connectivity index (χ1v) is 10.0. The molecule has 0 aliphatic carbocycles. The van der Waals surface area contributed by atoms with E-state index in [1.807, 2.05) is 12.1 Å². The van der Waals surface area contributed by atoms with Crippen molar-refractivity contribution in [2.75, 3.05) is 74.7 Å². The highest BCUT2D eigenvalue weighted by atomic mass is 16.5. The fraction of sp³-hybridized carbons (Fsp3) is 0.667. The number of aliphatic imine (C=N–C) groups is 1. The molecule has 0 fully saturated rings. The molecule has 0 aliphatic rings. The largest absolute Gasteiger partial charge is 0.497 e. The maximum Gasteiger partial charge on any atom is 0.191 e. The van der Waals surface area contributed by atoms with Gasteiger partial charge in [-0.05, 0) is 52.2 Å². The standard InChI is InChI=1S/C21H39N5O2/c1-7-22-21(23-12-14-26(4)13-9-15-27-5)24-17-20(25(2)3)18-10-8-11-19(16-18)28-6/h8,10-11,16,20H,7,9,12-15,17H2,1-6H3,(H2,22,23,24). The van der Waals surface area contributed by atoms with Crippen molar-refractivity contribution in [3.63, 3.8) is 0 Å². The van der Waals surface area contributed by atoms with E-state index >= 15 is 0 Å². The molecule has 2 N–H and O–H groups in total. The summed E-state index contributed by atoms with van der Waals surface area (Å²) in [5, 5.41) is 6.77. The van der Waals surface area contributed by atoms with E-state index in [4.69, 9.17) is 14.5 Å². The smallest absolute Gasteiger partial charge is 0.191 e. The number of hydrogen-bond donors (Lipinski definition) is 2. The van der Waals surface area contributed by atoms with Gasteiger partial charge in [0, 0.05) is 39.9 Å². The molecule has 0 amide bonds. The summed E-state index contributed by atoms with van der Waals surface area (Å²) in [6.45, 7) is 7.22. The fourth-order valence-electron chi connectivity index (χ4n) is 2.89. The van der Waals surface area contributed by atoms with Crippen LogP contribution in [0, 0.1) is 0 Å².